The molecule has 4 rings (SSSR count). The number of anilines is 2. The second kappa shape index (κ2) is 13.4. The molecule has 0 amide bonds. The predicted molar refractivity (Wildman–Crippen MR) is 137 cm³/mol. The number of ether oxygens (including phenoxy) is 1. The Kier molecular flexibility index (Phi) is 11.2. The van der Waals surface area contributed by atoms with Gasteiger partial charge in [-0.05, 0) is 69.9 Å². The molecule has 1 heterocycles. The van der Waals surface area contributed by atoms with Crippen molar-refractivity contribution in [2.45, 2.75) is 70.3 Å². The minimum Gasteiger partial charge on any atom is -0.405 e. The summed E-state index contributed by atoms with van der Waals surface area (Å²) >= 11 is 0. The highest BCUT2D eigenvalue weighted by Gasteiger charge is 2.32. The molecule has 2 aliphatic rings. The Morgan fingerprint density at radius 3 is 2.43 bits per heavy atom. The molecule has 0 atom stereocenters. The molecule has 0 saturated heterocycles. The summed E-state index contributed by atoms with van der Waals surface area (Å²) in [6.45, 7) is 1.12. The fourth-order valence-corrected chi connectivity index (χ4v) is 4.84. The molecular formula is C24H34Cl2F3N5O. The molecule has 0 radical (unpaired) electrons. The molecule has 1 aromatic carbocycles. The van der Waals surface area contributed by atoms with Gasteiger partial charge in [0.2, 0.25) is 5.95 Å². The Morgan fingerprint density at radius 2 is 1.71 bits per heavy atom. The standard InChI is InChI=1S/C24H32F3N5O.2ClH/c1-28-22-19-7-3-4-8-20(19)31-23(32-22)30-18-12-10-16(11-13-18)14-29-15-17-6-2-5-9-21(17)33-24(25,26)27;;/h2,5-6,9,16,18,29H,3-4,7-8,10-15H2,1H3,(H2,28,30,31,32);2*1H. The van der Waals surface area contributed by atoms with Crippen molar-refractivity contribution < 1.29 is 17.9 Å². The van der Waals surface area contributed by atoms with Gasteiger partial charge in [0.25, 0.3) is 0 Å². The van der Waals surface area contributed by atoms with Crippen LogP contribution in [-0.2, 0) is 19.4 Å². The van der Waals surface area contributed by atoms with Crippen LogP contribution in [0.5, 0.6) is 5.75 Å². The first-order chi connectivity index (χ1) is 15.9. The number of alkyl halides is 3. The zero-order chi connectivity index (χ0) is 23.3. The van der Waals surface area contributed by atoms with Gasteiger partial charge in [0.05, 0.1) is 5.69 Å². The molecule has 2 aromatic rings. The molecule has 35 heavy (non-hydrogen) atoms. The second-order valence-electron chi connectivity index (χ2n) is 8.93. The van der Waals surface area contributed by atoms with E-state index < -0.39 is 6.36 Å². The second-order valence-corrected chi connectivity index (χ2v) is 8.93. The molecule has 2 aliphatic carbocycles. The number of hydrogen-bond acceptors (Lipinski definition) is 6. The average Bonchev–Trinajstić information content (AvgIpc) is 2.80. The van der Waals surface area contributed by atoms with E-state index in [0.717, 1.165) is 56.6 Å². The molecule has 0 bridgehead atoms. The summed E-state index contributed by atoms with van der Waals surface area (Å²) in [5.74, 6) is 2.00. The van der Waals surface area contributed by atoms with Gasteiger partial charge in [0.15, 0.2) is 0 Å². The number of rotatable bonds is 8. The van der Waals surface area contributed by atoms with Crippen LogP contribution in [0.1, 0.15) is 55.3 Å². The Bertz CT molecular complexity index is 923. The first kappa shape index (κ1) is 29.3. The first-order valence-electron chi connectivity index (χ1n) is 11.8. The van der Waals surface area contributed by atoms with Crippen LogP contribution in [0.15, 0.2) is 24.3 Å². The smallest absolute Gasteiger partial charge is 0.405 e. The quantitative estimate of drug-likeness (QED) is 0.391. The van der Waals surface area contributed by atoms with Crippen molar-refractivity contribution in [1.82, 2.24) is 15.3 Å². The molecule has 1 saturated carbocycles. The fourth-order valence-electron chi connectivity index (χ4n) is 4.84. The molecular weight excluding hydrogens is 502 g/mol. The summed E-state index contributed by atoms with van der Waals surface area (Å²) in [6, 6.07) is 6.62. The van der Waals surface area contributed by atoms with E-state index >= 15 is 0 Å². The van der Waals surface area contributed by atoms with Gasteiger partial charge in [-0.3, -0.25) is 0 Å². The zero-order valence-electron chi connectivity index (χ0n) is 19.8. The van der Waals surface area contributed by atoms with Crippen LogP contribution < -0.4 is 20.7 Å². The molecule has 0 unspecified atom stereocenters. The normalized spacial score (nSPS) is 19.5. The average molecular weight is 536 g/mol. The van der Waals surface area contributed by atoms with Crippen LogP contribution >= 0.6 is 24.8 Å². The van der Waals surface area contributed by atoms with Crippen LogP contribution in [0, 0.1) is 5.92 Å². The number of nitrogens with zero attached hydrogens (tertiary/aromatic N) is 2. The summed E-state index contributed by atoms with van der Waals surface area (Å²) in [7, 11) is 1.91. The van der Waals surface area contributed by atoms with Crippen LogP contribution in [0.2, 0.25) is 0 Å². The molecule has 196 valence electrons. The maximum Gasteiger partial charge on any atom is 0.573 e. The van der Waals surface area contributed by atoms with Crippen molar-refractivity contribution in [3.8, 4) is 5.75 Å². The third-order valence-corrected chi connectivity index (χ3v) is 6.55. The first-order valence-corrected chi connectivity index (χ1v) is 11.8. The highest BCUT2D eigenvalue weighted by Crippen LogP contribution is 2.30. The summed E-state index contributed by atoms with van der Waals surface area (Å²) < 4.78 is 41.9. The number of fused-ring (bicyclic) bond motifs is 1. The van der Waals surface area contributed by atoms with Gasteiger partial charge in [-0.2, -0.15) is 4.98 Å². The monoisotopic (exact) mass is 535 g/mol. The van der Waals surface area contributed by atoms with Gasteiger partial charge >= 0.3 is 6.36 Å². The van der Waals surface area contributed by atoms with E-state index in [4.69, 9.17) is 9.97 Å². The van der Waals surface area contributed by atoms with E-state index in [2.05, 4.69) is 20.7 Å². The van der Waals surface area contributed by atoms with Crippen LogP contribution in [0.25, 0.3) is 0 Å². The van der Waals surface area contributed by atoms with Crippen molar-refractivity contribution in [3.05, 3.63) is 41.1 Å². The molecule has 3 N–H and O–H groups in total. The van der Waals surface area contributed by atoms with E-state index in [-0.39, 0.29) is 30.6 Å². The lowest BCUT2D eigenvalue weighted by Gasteiger charge is -2.30. The lowest BCUT2D eigenvalue weighted by molar-refractivity contribution is -0.274. The predicted octanol–water partition coefficient (Wildman–Crippen LogP) is 5.90. The third-order valence-electron chi connectivity index (χ3n) is 6.55. The van der Waals surface area contributed by atoms with Crippen molar-refractivity contribution in [3.63, 3.8) is 0 Å². The van der Waals surface area contributed by atoms with Crippen molar-refractivity contribution in [1.29, 1.82) is 0 Å². The Hall–Kier alpha value is -1.97. The Morgan fingerprint density at radius 1 is 1.00 bits per heavy atom. The maximum absolute atomic E-state index is 12.6. The number of aryl methyl sites for hydroxylation is 1. The number of benzene rings is 1. The number of halogens is 5. The van der Waals surface area contributed by atoms with Crippen molar-refractivity contribution >= 4 is 36.6 Å². The van der Waals surface area contributed by atoms with Crippen molar-refractivity contribution in [2.75, 3.05) is 24.2 Å². The van der Waals surface area contributed by atoms with Gasteiger partial charge in [0.1, 0.15) is 11.6 Å². The van der Waals surface area contributed by atoms with Gasteiger partial charge in [-0.1, -0.05) is 18.2 Å². The topological polar surface area (TPSA) is 71.1 Å². The number of aromatic nitrogens is 2. The molecule has 1 aromatic heterocycles. The third kappa shape index (κ3) is 8.29. The molecule has 6 nitrogen and oxygen atoms in total. The van der Waals surface area contributed by atoms with E-state index in [1.54, 1.807) is 18.2 Å². The van der Waals surface area contributed by atoms with E-state index in [9.17, 15) is 13.2 Å². The van der Waals surface area contributed by atoms with Crippen LogP contribution in [0.4, 0.5) is 24.9 Å². The van der Waals surface area contributed by atoms with Gasteiger partial charge in [0, 0.05) is 30.8 Å². The summed E-state index contributed by atoms with van der Waals surface area (Å²) in [5, 5.41) is 10.1. The SMILES string of the molecule is CNc1nc(NC2CCC(CNCc3ccccc3OC(F)(F)F)CC2)nc2c1CCCC2.Cl.Cl. The minimum atomic E-state index is -4.68. The maximum atomic E-state index is 12.6. The van der Waals surface area contributed by atoms with E-state index in [0.29, 0.717) is 30.0 Å². The zero-order valence-corrected chi connectivity index (χ0v) is 21.4. The lowest BCUT2D eigenvalue weighted by Crippen LogP contribution is -2.32. The Labute approximate surface area is 217 Å². The lowest BCUT2D eigenvalue weighted by atomic mass is 9.86. The van der Waals surface area contributed by atoms with E-state index in [1.807, 2.05) is 7.05 Å². The fraction of sp³-hybridized carbons (Fsp3) is 0.583. The highest BCUT2D eigenvalue weighted by atomic mass is 35.5. The summed E-state index contributed by atoms with van der Waals surface area (Å²) in [6.07, 6.45) is 3.88. The van der Waals surface area contributed by atoms with Crippen molar-refractivity contribution in [2.24, 2.45) is 5.92 Å². The largest absolute Gasteiger partial charge is 0.573 e. The Balaban J connectivity index is 0.00000216. The van der Waals surface area contributed by atoms with Crippen LogP contribution in [-0.4, -0.2) is 36.0 Å². The van der Waals surface area contributed by atoms with Crippen LogP contribution in [0.3, 0.4) is 0 Å². The molecule has 0 aliphatic heterocycles. The summed E-state index contributed by atoms with van der Waals surface area (Å²) in [5.41, 5.74) is 2.93. The van der Waals surface area contributed by atoms with Gasteiger partial charge in [-0.25, -0.2) is 4.98 Å². The van der Waals surface area contributed by atoms with E-state index in [1.165, 1.54) is 24.5 Å². The molecule has 11 heteroatoms. The van der Waals surface area contributed by atoms with Gasteiger partial charge < -0.3 is 20.7 Å². The minimum absolute atomic E-state index is 0. The molecule has 0 spiro atoms. The number of hydrogen-bond donors (Lipinski definition) is 3. The highest BCUT2D eigenvalue weighted by molar-refractivity contribution is 5.85. The number of para-hydroxylation sites is 1. The number of nitrogens with one attached hydrogen (secondary N) is 3. The summed E-state index contributed by atoms with van der Waals surface area (Å²) in [4.78, 5) is 9.48. The van der Waals surface area contributed by atoms with Gasteiger partial charge in [-0.15, -0.1) is 38.0 Å². The molecule has 1 fully saturated rings.